The van der Waals surface area contributed by atoms with Gasteiger partial charge in [0.2, 0.25) is 10.0 Å². The third-order valence-electron chi connectivity index (χ3n) is 3.30. The summed E-state index contributed by atoms with van der Waals surface area (Å²) < 4.78 is 63.7. The highest BCUT2D eigenvalue weighted by Crippen LogP contribution is 2.29. The number of hydrogen-bond acceptors (Lipinski definition) is 3. The van der Waals surface area contributed by atoms with Crippen LogP contribution in [-0.4, -0.2) is 27.4 Å². The maximum absolute atomic E-state index is 12.5. The van der Waals surface area contributed by atoms with Gasteiger partial charge in [0.05, 0.1) is 10.5 Å². The number of rotatable bonds is 6. The van der Waals surface area contributed by atoms with Gasteiger partial charge >= 0.3 is 6.18 Å². The number of amides is 1. The molecule has 26 heavy (non-hydrogen) atoms. The molecule has 2 aromatic rings. The van der Waals surface area contributed by atoms with Crippen molar-refractivity contribution in [3.63, 3.8) is 0 Å². The van der Waals surface area contributed by atoms with E-state index in [1.807, 2.05) is 0 Å². The molecule has 2 rings (SSSR count). The molecule has 2 N–H and O–H groups in total. The van der Waals surface area contributed by atoms with Crippen LogP contribution < -0.4 is 10.0 Å². The van der Waals surface area contributed by atoms with Crippen LogP contribution in [0.3, 0.4) is 0 Å². The van der Waals surface area contributed by atoms with Crippen molar-refractivity contribution in [1.29, 1.82) is 0 Å². The van der Waals surface area contributed by atoms with E-state index < -0.39 is 27.7 Å². The second-order valence-electron chi connectivity index (χ2n) is 5.18. The van der Waals surface area contributed by atoms with Gasteiger partial charge in [0.25, 0.3) is 5.91 Å². The molecule has 0 aromatic heterocycles. The Morgan fingerprint density at radius 1 is 0.962 bits per heavy atom. The number of halogens is 4. The van der Waals surface area contributed by atoms with Crippen molar-refractivity contribution >= 4 is 27.5 Å². The van der Waals surface area contributed by atoms with Crippen molar-refractivity contribution in [3.05, 3.63) is 64.7 Å². The Hall–Kier alpha value is -2.10. The molecule has 0 heterocycles. The van der Waals surface area contributed by atoms with Gasteiger partial charge in [-0.1, -0.05) is 11.6 Å². The molecule has 5 nitrogen and oxygen atoms in total. The number of carbonyl (C=O) groups excluding carboxylic acids is 1. The van der Waals surface area contributed by atoms with E-state index in [9.17, 15) is 26.4 Å². The van der Waals surface area contributed by atoms with Crippen LogP contribution in [0.2, 0.25) is 5.02 Å². The summed E-state index contributed by atoms with van der Waals surface area (Å²) in [5.74, 6) is -0.607. The molecule has 0 aliphatic rings. The Morgan fingerprint density at radius 3 is 2.08 bits per heavy atom. The topological polar surface area (TPSA) is 75.3 Å². The molecule has 0 aliphatic heterocycles. The molecule has 0 aliphatic carbocycles. The lowest BCUT2D eigenvalue weighted by molar-refractivity contribution is -0.137. The Balaban J connectivity index is 1.85. The number of nitrogens with one attached hydrogen (secondary N) is 2. The molecule has 0 saturated heterocycles. The molecule has 1 amide bonds. The van der Waals surface area contributed by atoms with Crippen LogP contribution in [0.5, 0.6) is 0 Å². The zero-order valence-electron chi connectivity index (χ0n) is 13.2. The van der Waals surface area contributed by atoms with Crippen LogP contribution >= 0.6 is 11.6 Å². The van der Waals surface area contributed by atoms with Gasteiger partial charge in [-0.2, -0.15) is 13.2 Å². The summed E-state index contributed by atoms with van der Waals surface area (Å²) in [6.07, 6.45) is -4.48. The first-order chi connectivity index (χ1) is 12.1. The summed E-state index contributed by atoms with van der Waals surface area (Å²) in [5, 5.41) is 2.82. The van der Waals surface area contributed by atoms with Crippen LogP contribution in [0, 0.1) is 0 Å². The van der Waals surface area contributed by atoms with Gasteiger partial charge in [-0.15, -0.1) is 0 Å². The van der Waals surface area contributed by atoms with Crippen LogP contribution in [0.15, 0.2) is 53.4 Å². The number of benzene rings is 2. The summed E-state index contributed by atoms with van der Waals surface area (Å²) in [7, 11) is -3.75. The van der Waals surface area contributed by atoms with E-state index in [2.05, 4.69) is 10.0 Å². The van der Waals surface area contributed by atoms with Gasteiger partial charge in [0.1, 0.15) is 0 Å². The lowest BCUT2D eigenvalue weighted by atomic mass is 10.1. The minimum atomic E-state index is -4.48. The predicted molar refractivity (Wildman–Crippen MR) is 90.4 cm³/mol. The fourth-order valence-corrected chi connectivity index (χ4v) is 3.13. The van der Waals surface area contributed by atoms with Gasteiger partial charge in [-0.25, -0.2) is 13.1 Å². The SMILES string of the molecule is O=C(NCCNS(=O)(=O)c1ccc(Cl)cc1)c1ccc(C(F)(F)F)cc1. The third kappa shape index (κ3) is 5.45. The monoisotopic (exact) mass is 406 g/mol. The summed E-state index contributed by atoms with van der Waals surface area (Å²) >= 11 is 5.69. The molecule has 2 aromatic carbocycles. The van der Waals surface area contributed by atoms with Gasteiger partial charge in [-0.05, 0) is 48.5 Å². The predicted octanol–water partition coefficient (Wildman–Crippen LogP) is 3.07. The van der Waals surface area contributed by atoms with Crippen molar-refractivity contribution in [2.75, 3.05) is 13.1 Å². The summed E-state index contributed by atoms with van der Waals surface area (Å²) in [5.41, 5.74) is -0.816. The van der Waals surface area contributed by atoms with Crippen LogP contribution in [0.1, 0.15) is 15.9 Å². The van der Waals surface area contributed by atoms with E-state index in [0.717, 1.165) is 24.3 Å². The lowest BCUT2D eigenvalue weighted by Crippen LogP contribution is -2.34. The molecular formula is C16H14ClF3N2O3S. The van der Waals surface area contributed by atoms with E-state index in [1.165, 1.54) is 24.3 Å². The fraction of sp³-hybridized carbons (Fsp3) is 0.188. The minimum Gasteiger partial charge on any atom is -0.351 e. The average Bonchev–Trinajstić information content (AvgIpc) is 2.58. The Kier molecular flexibility index (Phi) is 6.27. The second-order valence-corrected chi connectivity index (χ2v) is 7.39. The molecule has 0 bridgehead atoms. The van der Waals surface area contributed by atoms with Gasteiger partial charge < -0.3 is 5.32 Å². The average molecular weight is 407 g/mol. The van der Waals surface area contributed by atoms with Gasteiger partial charge in [0.15, 0.2) is 0 Å². The Labute approximate surface area is 153 Å². The third-order valence-corrected chi connectivity index (χ3v) is 5.03. The van der Waals surface area contributed by atoms with Crippen molar-refractivity contribution in [1.82, 2.24) is 10.0 Å². The van der Waals surface area contributed by atoms with Crippen molar-refractivity contribution < 1.29 is 26.4 Å². The molecule has 0 saturated carbocycles. The molecular weight excluding hydrogens is 393 g/mol. The smallest absolute Gasteiger partial charge is 0.351 e. The zero-order valence-corrected chi connectivity index (χ0v) is 14.8. The Morgan fingerprint density at radius 2 is 1.54 bits per heavy atom. The standard InChI is InChI=1S/C16H14ClF3N2O3S/c17-13-5-7-14(8-6-13)26(24,25)22-10-9-21-15(23)11-1-3-12(4-2-11)16(18,19)20/h1-8,22H,9-10H2,(H,21,23). The van der Waals surface area contributed by atoms with Crippen molar-refractivity contribution in [3.8, 4) is 0 Å². The van der Waals surface area contributed by atoms with E-state index in [-0.39, 0.29) is 23.5 Å². The van der Waals surface area contributed by atoms with Crippen LogP contribution in [-0.2, 0) is 16.2 Å². The first-order valence-corrected chi connectivity index (χ1v) is 9.16. The lowest BCUT2D eigenvalue weighted by Gasteiger charge is -2.09. The first-order valence-electron chi connectivity index (χ1n) is 7.30. The van der Waals surface area contributed by atoms with Gasteiger partial charge in [0, 0.05) is 23.7 Å². The molecule has 0 spiro atoms. The number of carbonyl (C=O) groups is 1. The number of sulfonamides is 1. The maximum Gasteiger partial charge on any atom is 0.416 e. The summed E-state index contributed by atoms with van der Waals surface area (Å²) in [4.78, 5) is 11.9. The molecule has 0 radical (unpaired) electrons. The first kappa shape index (κ1) is 20.2. The van der Waals surface area contributed by atoms with E-state index in [4.69, 9.17) is 11.6 Å². The van der Waals surface area contributed by atoms with E-state index in [0.29, 0.717) is 5.02 Å². The number of alkyl halides is 3. The quantitative estimate of drug-likeness (QED) is 0.724. The fourth-order valence-electron chi connectivity index (χ4n) is 1.97. The number of hydrogen-bond donors (Lipinski definition) is 2. The summed E-state index contributed by atoms with van der Waals surface area (Å²) in [6, 6.07) is 9.25. The highest BCUT2D eigenvalue weighted by molar-refractivity contribution is 7.89. The largest absolute Gasteiger partial charge is 0.416 e. The van der Waals surface area contributed by atoms with E-state index in [1.54, 1.807) is 0 Å². The molecule has 0 unspecified atom stereocenters. The van der Waals surface area contributed by atoms with Crippen molar-refractivity contribution in [2.24, 2.45) is 0 Å². The maximum atomic E-state index is 12.5. The van der Waals surface area contributed by atoms with E-state index >= 15 is 0 Å². The summed E-state index contributed by atoms with van der Waals surface area (Å²) in [6.45, 7) is -0.121. The zero-order chi connectivity index (χ0) is 19.4. The molecule has 140 valence electrons. The highest BCUT2D eigenvalue weighted by Gasteiger charge is 2.30. The molecule has 10 heteroatoms. The Bertz CT molecular complexity index is 867. The minimum absolute atomic E-state index is 0.0240. The molecule has 0 atom stereocenters. The second kappa shape index (κ2) is 8.07. The van der Waals surface area contributed by atoms with Crippen LogP contribution in [0.4, 0.5) is 13.2 Å². The van der Waals surface area contributed by atoms with Gasteiger partial charge in [-0.3, -0.25) is 4.79 Å². The normalized spacial score (nSPS) is 12.0. The molecule has 0 fully saturated rings. The van der Waals surface area contributed by atoms with Crippen molar-refractivity contribution in [2.45, 2.75) is 11.1 Å². The highest BCUT2D eigenvalue weighted by atomic mass is 35.5. The van der Waals surface area contributed by atoms with Crippen LogP contribution in [0.25, 0.3) is 0 Å².